The minimum Gasteiger partial charge on any atom is -0.469 e. The molecule has 1 unspecified atom stereocenters. The predicted octanol–water partition coefficient (Wildman–Crippen LogP) is 2.78. The maximum Gasteiger partial charge on any atom is 0.108 e. The van der Waals surface area contributed by atoms with Gasteiger partial charge in [0.25, 0.3) is 0 Å². The highest BCUT2D eigenvalue weighted by Gasteiger charge is 2.18. The summed E-state index contributed by atoms with van der Waals surface area (Å²) in [6.07, 6.45) is 3.64. The van der Waals surface area contributed by atoms with Gasteiger partial charge in [0.1, 0.15) is 5.76 Å². The molecular formula is C15H23N3O. The molecule has 2 aromatic heterocycles. The number of hydrogen-bond acceptors (Lipinski definition) is 3. The van der Waals surface area contributed by atoms with Crippen LogP contribution in [0.15, 0.2) is 22.8 Å². The van der Waals surface area contributed by atoms with Gasteiger partial charge in [-0.3, -0.25) is 4.68 Å². The fourth-order valence-electron chi connectivity index (χ4n) is 2.55. The lowest BCUT2D eigenvalue weighted by Gasteiger charge is -2.18. The molecule has 0 aliphatic heterocycles. The van der Waals surface area contributed by atoms with Crippen LogP contribution in [0.25, 0.3) is 0 Å². The van der Waals surface area contributed by atoms with Crippen LogP contribution < -0.4 is 5.32 Å². The molecule has 4 heteroatoms. The minimum atomic E-state index is 0.286. The zero-order chi connectivity index (χ0) is 13.8. The Morgan fingerprint density at radius 2 is 2.21 bits per heavy atom. The first-order valence-electron chi connectivity index (χ1n) is 6.94. The number of aromatic nitrogens is 2. The van der Waals surface area contributed by atoms with Gasteiger partial charge in [-0.05, 0) is 25.6 Å². The van der Waals surface area contributed by atoms with E-state index in [1.807, 2.05) is 18.7 Å². The Labute approximate surface area is 114 Å². The summed E-state index contributed by atoms with van der Waals surface area (Å²) >= 11 is 0. The summed E-state index contributed by atoms with van der Waals surface area (Å²) in [4.78, 5) is 0. The van der Waals surface area contributed by atoms with E-state index in [1.165, 1.54) is 11.3 Å². The molecule has 0 aliphatic rings. The maximum atomic E-state index is 5.55. The Balaban J connectivity index is 2.23. The topological polar surface area (TPSA) is 43.0 Å². The van der Waals surface area contributed by atoms with Crippen molar-refractivity contribution in [2.75, 3.05) is 6.54 Å². The number of nitrogens with one attached hydrogen (secondary N) is 1. The molecule has 0 aliphatic carbocycles. The lowest BCUT2D eigenvalue weighted by Crippen LogP contribution is -2.24. The molecule has 2 rings (SSSR count). The summed E-state index contributed by atoms with van der Waals surface area (Å²) < 4.78 is 7.52. The number of aryl methyl sites for hydroxylation is 3. The molecular weight excluding hydrogens is 238 g/mol. The van der Waals surface area contributed by atoms with Crippen LogP contribution in [-0.4, -0.2) is 16.3 Å². The number of nitrogens with zero attached hydrogens (tertiary/aromatic N) is 2. The quantitative estimate of drug-likeness (QED) is 0.869. The molecule has 2 heterocycles. The summed E-state index contributed by atoms with van der Waals surface area (Å²) in [5, 5.41) is 7.96. The maximum absolute atomic E-state index is 5.55. The van der Waals surface area contributed by atoms with Crippen molar-refractivity contribution >= 4 is 0 Å². The van der Waals surface area contributed by atoms with E-state index in [-0.39, 0.29) is 6.04 Å². The van der Waals surface area contributed by atoms with Crippen molar-refractivity contribution in [3.63, 3.8) is 0 Å². The van der Waals surface area contributed by atoms with Crippen molar-refractivity contribution in [2.24, 2.45) is 7.05 Å². The lowest BCUT2D eigenvalue weighted by atomic mass is 10.0. The van der Waals surface area contributed by atoms with Crippen molar-refractivity contribution in [1.29, 1.82) is 0 Å². The third-order valence-electron chi connectivity index (χ3n) is 3.44. The molecule has 1 atom stereocenters. The minimum absolute atomic E-state index is 0.286. The van der Waals surface area contributed by atoms with Gasteiger partial charge in [0.2, 0.25) is 0 Å². The van der Waals surface area contributed by atoms with Crippen LogP contribution in [0, 0.1) is 6.92 Å². The first kappa shape index (κ1) is 13.9. The molecule has 1 N–H and O–H groups in total. The third-order valence-corrected chi connectivity index (χ3v) is 3.44. The summed E-state index contributed by atoms with van der Waals surface area (Å²) in [5.41, 5.74) is 3.57. The van der Waals surface area contributed by atoms with Gasteiger partial charge in [-0.25, -0.2) is 0 Å². The average Bonchev–Trinajstić information content (AvgIpc) is 2.95. The van der Waals surface area contributed by atoms with Crippen molar-refractivity contribution in [1.82, 2.24) is 15.1 Å². The Morgan fingerprint density at radius 1 is 1.42 bits per heavy atom. The summed E-state index contributed by atoms with van der Waals surface area (Å²) in [7, 11) is 2.00. The molecule has 2 aromatic rings. The van der Waals surface area contributed by atoms with E-state index in [0.29, 0.717) is 0 Å². The molecule has 0 amide bonds. The van der Waals surface area contributed by atoms with Crippen LogP contribution in [0.2, 0.25) is 0 Å². The lowest BCUT2D eigenvalue weighted by molar-refractivity contribution is 0.481. The Kier molecular flexibility index (Phi) is 4.43. The van der Waals surface area contributed by atoms with E-state index in [9.17, 15) is 0 Å². The zero-order valence-corrected chi connectivity index (χ0v) is 12.2. The fraction of sp³-hybridized carbons (Fsp3) is 0.533. The molecule has 0 saturated heterocycles. The summed E-state index contributed by atoms with van der Waals surface area (Å²) in [6.45, 7) is 7.23. The van der Waals surface area contributed by atoms with Gasteiger partial charge in [-0.2, -0.15) is 5.10 Å². The van der Waals surface area contributed by atoms with Crippen molar-refractivity contribution in [2.45, 2.75) is 39.7 Å². The van der Waals surface area contributed by atoms with E-state index >= 15 is 0 Å². The second-order valence-electron chi connectivity index (χ2n) is 4.87. The average molecular weight is 261 g/mol. The molecule has 0 spiro atoms. The van der Waals surface area contributed by atoms with Crippen LogP contribution in [0.1, 0.15) is 42.6 Å². The summed E-state index contributed by atoms with van der Waals surface area (Å²) in [5.74, 6) is 1.07. The monoisotopic (exact) mass is 261 g/mol. The normalized spacial score (nSPS) is 12.8. The molecule has 19 heavy (non-hydrogen) atoms. The van der Waals surface area contributed by atoms with E-state index in [0.717, 1.165) is 30.8 Å². The highest BCUT2D eigenvalue weighted by atomic mass is 16.3. The number of likely N-dealkylation sites (N-methyl/N-ethyl adjacent to an activating group) is 1. The Morgan fingerprint density at radius 3 is 2.79 bits per heavy atom. The van der Waals surface area contributed by atoms with Crippen molar-refractivity contribution < 1.29 is 4.42 Å². The van der Waals surface area contributed by atoms with Crippen molar-refractivity contribution in [3.8, 4) is 0 Å². The predicted molar refractivity (Wildman–Crippen MR) is 76.2 cm³/mol. The number of hydrogen-bond donors (Lipinski definition) is 1. The SMILES string of the molecule is CCNC(Cc1cc(C)nn1C)c1ccoc1CC. The van der Waals surface area contributed by atoms with Crippen molar-refractivity contribution in [3.05, 3.63) is 41.1 Å². The van der Waals surface area contributed by atoms with E-state index < -0.39 is 0 Å². The molecule has 0 aromatic carbocycles. The van der Waals surface area contributed by atoms with E-state index in [1.54, 1.807) is 6.26 Å². The first-order valence-corrected chi connectivity index (χ1v) is 6.94. The van der Waals surface area contributed by atoms with Gasteiger partial charge in [0, 0.05) is 37.2 Å². The highest BCUT2D eigenvalue weighted by Crippen LogP contribution is 2.23. The molecule has 0 saturated carbocycles. The van der Waals surface area contributed by atoms with Gasteiger partial charge >= 0.3 is 0 Å². The summed E-state index contributed by atoms with van der Waals surface area (Å²) in [6, 6.07) is 4.51. The Bertz CT molecular complexity index is 527. The highest BCUT2D eigenvalue weighted by molar-refractivity contribution is 5.24. The second-order valence-corrected chi connectivity index (χ2v) is 4.87. The van der Waals surface area contributed by atoms with Gasteiger partial charge in [0.15, 0.2) is 0 Å². The molecule has 104 valence electrons. The fourth-order valence-corrected chi connectivity index (χ4v) is 2.55. The molecule has 0 bridgehead atoms. The number of rotatable bonds is 6. The van der Waals surface area contributed by atoms with Crippen LogP contribution in [-0.2, 0) is 19.9 Å². The molecule has 0 radical (unpaired) electrons. The molecule has 0 fully saturated rings. The number of furan rings is 1. The third kappa shape index (κ3) is 3.07. The Hall–Kier alpha value is -1.55. The van der Waals surface area contributed by atoms with Gasteiger partial charge in [0.05, 0.1) is 12.0 Å². The standard InChI is InChI=1S/C15H23N3O/c1-5-15-13(7-8-19-15)14(16-6-2)10-12-9-11(3)17-18(12)4/h7-9,14,16H,5-6,10H2,1-4H3. The smallest absolute Gasteiger partial charge is 0.108 e. The van der Waals surface area contributed by atoms with Crippen LogP contribution in [0.4, 0.5) is 0 Å². The second kappa shape index (κ2) is 6.06. The molecule has 4 nitrogen and oxygen atoms in total. The van der Waals surface area contributed by atoms with Crippen LogP contribution in [0.5, 0.6) is 0 Å². The van der Waals surface area contributed by atoms with Gasteiger partial charge < -0.3 is 9.73 Å². The van der Waals surface area contributed by atoms with Crippen LogP contribution in [0.3, 0.4) is 0 Å². The van der Waals surface area contributed by atoms with Gasteiger partial charge in [-0.15, -0.1) is 0 Å². The zero-order valence-electron chi connectivity index (χ0n) is 12.2. The van der Waals surface area contributed by atoms with Crippen LogP contribution >= 0.6 is 0 Å². The largest absolute Gasteiger partial charge is 0.469 e. The van der Waals surface area contributed by atoms with E-state index in [2.05, 4.69) is 36.4 Å². The first-order chi connectivity index (χ1) is 9.15. The van der Waals surface area contributed by atoms with E-state index in [4.69, 9.17) is 4.42 Å². The van der Waals surface area contributed by atoms with Gasteiger partial charge in [-0.1, -0.05) is 13.8 Å².